The average Bonchev–Trinajstić information content (AvgIpc) is 3.47. The molecule has 8 heteroatoms. The first kappa shape index (κ1) is 26.4. The van der Waals surface area contributed by atoms with Gasteiger partial charge in [0.05, 0.1) is 36.4 Å². The summed E-state index contributed by atoms with van der Waals surface area (Å²) in [6.07, 6.45) is 6.40. The summed E-state index contributed by atoms with van der Waals surface area (Å²) in [7, 11) is 1.67. The van der Waals surface area contributed by atoms with Gasteiger partial charge in [0.15, 0.2) is 0 Å². The number of anilines is 1. The maximum Gasteiger partial charge on any atom is 0.222 e. The van der Waals surface area contributed by atoms with Crippen LogP contribution in [0.5, 0.6) is 11.6 Å². The van der Waals surface area contributed by atoms with Crippen LogP contribution in [0.25, 0.3) is 11.3 Å². The van der Waals surface area contributed by atoms with Gasteiger partial charge in [0.2, 0.25) is 5.88 Å². The van der Waals surface area contributed by atoms with Gasteiger partial charge in [-0.3, -0.25) is 9.88 Å². The highest BCUT2D eigenvalue weighted by Crippen LogP contribution is 2.45. The molecule has 3 aliphatic heterocycles. The maximum absolute atomic E-state index is 6.72. The topological polar surface area (TPSA) is 62.8 Å². The molecule has 0 aliphatic carbocycles. The van der Waals surface area contributed by atoms with Crippen LogP contribution in [0.1, 0.15) is 43.9 Å². The summed E-state index contributed by atoms with van der Waals surface area (Å²) in [4.78, 5) is 14.8. The summed E-state index contributed by atoms with van der Waals surface area (Å²) in [6.45, 7) is 8.59. The van der Waals surface area contributed by atoms with E-state index in [1.807, 2.05) is 25.1 Å². The lowest BCUT2D eigenvalue weighted by Gasteiger charge is -2.49. The molecule has 206 valence electrons. The van der Waals surface area contributed by atoms with Gasteiger partial charge in [-0.1, -0.05) is 23.7 Å². The van der Waals surface area contributed by atoms with Gasteiger partial charge in [-0.05, 0) is 75.0 Å². The van der Waals surface area contributed by atoms with Crippen molar-refractivity contribution in [2.75, 3.05) is 51.3 Å². The smallest absolute Gasteiger partial charge is 0.222 e. The molecule has 2 saturated heterocycles. The normalized spacial score (nSPS) is 20.7. The van der Waals surface area contributed by atoms with Gasteiger partial charge >= 0.3 is 0 Å². The van der Waals surface area contributed by atoms with Crippen molar-refractivity contribution >= 4 is 17.3 Å². The zero-order valence-electron chi connectivity index (χ0n) is 23.0. The Hall–Kier alpha value is -2.87. The Morgan fingerprint density at radius 2 is 2.00 bits per heavy atom. The number of fused-ring (bicyclic) bond motifs is 2. The van der Waals surface area contributed by atoms with Crippen molar-refractivity contribution in [1.29, 1.82) is 0 Å². The van der Waals surface area contributed by atoms with Crippen molar-refractivity contribution in [2.24, 2.45) is 0 Å². The second-order valence-electron chi connectivity index (χ2n) is 11.0. The molecule has 1 N–H and O–H groups in total. The molecule has 0 amide bonds. The number of hydrogen-bond donors (Lipinski definition) is 1. The third-order valence-corrected chi connectivity index (χ3v) is 9.02. The number of halogens is 1. The third kappa shape index (κ3) is 5.20. The summed E-state index contributed by atoms with van der Waals surface area (Å²) >= 11 is 6.72. The van der Waals surface area contributed by atoms with Crippen LogP contribution >= 0.6 is 11.6 Å². The SMILES string of the molecule is CCOc1ncccc1-c1ccc2c(n1)CN(C[C@H]1CCCN1)CC21CCN(c2cccc(OC)c2Cl)CC1. The van der Waals surface area contributed by atoms with Crippen molar-refractivity contribution < 1.29 is 9.47 Å². The minimum absolute atomic E-state index is 0.0667. The van der Waals surface area contributed by atoms with Gasteiger partial charge in [0, 0.05) is 50.4 Å². The van der Waals surface area contributed by atoms with Gasteiger partial charge in [-0.15, -0.1) is 0 Å². The first-order valence-corrected chi connectivity index (χ1v) is 14.6. The Kier molecular flexibility index (Phi) is 7.65. The van der Waals surface area contributed by atoms with E-state index in [1.54, 1.807) is 13.3 Å². The lowest BCUT2D eigenvalue weighted by atomic mass is 9.69. The second-order valence-corrected chi connectivity index (χ2v) is 11.4. The number of ether oxygens (including phenoxy) is 2. The van der Waals surface area contributed by atoms with Crippen molar-refractivity contribution in [2.45, 2.75) is 50.6 Å². The molecule has 7 nitrogen and oxygen atoms in total. The van der Waals surface area contributed by atoms with Crippen molar-refractivity contribution in [3.8, 4) is 22.9 Å². The molecule has 2 fully saturated rings. The number of aromatic nitrogens is 2. The molecular formula is C31H38ClN5O2. The number of piperidine rings is 1. The summed E-state index contributed by atoms with van der Waals surface area (Å²) in [5, 5.41) is 4.40. The predicted molar refractivity (Wildman–Crippen MR) is 156 cm³/mol. The Balaban J connectivity index is 1.32. The highest BCUT2D eigenvalue weighted by molar-refractivity contribution is 6.34. The van der Waals surface area contributed by atoms with Crippen molar-refractivity contribution in [3.05, 3.63) is 64.9 Å². The van der Waals surface area contributed by atoms with E-state index in [0.717, 1.165) is 74.8 Å². The highest BCUT2D eigenvalue weighted by atomic mass is 35.5. The summed E-state index contributed by atoms with van der Waals surface area (Å²) in [5.41, 5.74) is 5.60. The predicted octanol–water partition coefficient (Wildman–Crippen LogP) is 5.31. The molecular weight excluding hydrogens is 510 g/mol. The molecule has 0 radical (unpaired) electrons. The number of rotatable bonds is 7. The van der Waals surface area contributed by atoms with Crippen LogP contribution < -0.4 is 19.7 Å². The summed E-state index contributed by atoms with van der Waals surface area (Å²) in [6, 6.07) is 15.1. The maximum atomic E-state index is 6.72. The van der Waals surface area contributed by atoms with Gasteiger partial charge in [0.1, 0.15) is 10.8 Å². The van der Waals surface area contributed by atoms with Crippen LogP contribution in [0, 0.1) is 0 Å². The van der Waals surface area contributed by atoms with Crippen LogP contribution in [0.2, 0.25) is 5.02 Å². The highest BCUT2D eigenvalue weighted by Gasteiger charge is 2.43. The van der Waals surface area contributed by atoms with E-state index >= 15 is 0 Å². The quantitative estimate of drug-likeness (QED) is 0.430. The molecule has 1 spiro atoms. The number of hydrogen-bond acceptors (Lipinski definition) is 7. The van der Waals surface area contributed by atoms with Crippen molar-refractivity contribution in [1.82, 2.24) is 20.2 Å². The van der Waals surface area contributed by atoms with E-state index in [4.69, 9.17) is 26.1 Å². The molecule has 1 aromatic carbocycles. The fourth-order valence-corrected chi connectivity index (χ4v) is 7.05. The first-order valence-electron chi connectivity index (χ1n) is 14.2. The van der Waals surface area contributed by atoms with E-state index in [2.05, 4.69) is 44.4 Å². The molecule has 0 unspecified atom stereocenters. The van der Waals surface area contributed by atoms with Gasteiger partial charge in [-0.25, -0.2) is 4.98 Å². The summed E-state index contributed by atoms with van der Waals surface area (Å²) in [5.74, 6) is 1.37. The van der Waals surface area contributed by atoms with E-state index in [0.29, 0.717) is 23.6 Å². The number of methoxy groups -OCH3 is 1. The van der Waals surface area contributed by atoms with Crippen LogP contribution in [-0.4, -0.2) is 67.4 Å². The van der Waals surface area contributed by atoms with Gasteiger partial charge in [0.25, 0.3) is 0 Å². The molecule has 3 aromatic rings. The Labute approximate surface area is 236 Å². The minimum atomic E-state index is 0.0667. The van der Waals surface area contributed by atoms with E-state index < -0.39 is 0 Å². The molecule has 6 rings (SSSR count). The third-order valence-electron chi connectivity index (χ3n) is 8.64. The standard InChI is InChI=1S/C31H38ClN5O2/c1-3-39-30-23(8-6-16-34-30)25-12-11-24-26(35-25)20-36(19-22-7-5-15-33-22)21-31(24)13-17-37(18-14-31)27-9-4-10-28(38-2)29(27)32/h4,6,8-12,16,22,33H,3,5,7,13-15,17-21H2,1-2H3/t22-/m1/s1. The number of pyridine rings is 2. The molecule has 0 saturated carbocycles. The zero-order valence-corrected chi connectivity index (χ0v) is 23.7. The molecule has 2 aromatic heterocycles. The van der Waals surface area contributed by atoms with E-state index in [1.165, 1.54) is 24.1 Å². The fourth-order valence-electron chi connectivity index (χ4n) is 6.73. The Morgan fingerprint density at radius 3 is 2.77 bits per heavy atom. The van der Waals surface area contributed by atoms with E-state index in [-0.39, 0.29) is 5.41 Å². The first-order chi connectivity index (χ1) is 19.1. The average molecular weight is 548 g/mol. The fraction of sp³-hybridized carbons (Fsp3) is 0.484. The lowest BCUT2D eigenvalue weighted by Crippen LogP contribution is -2.54. The molecule has 0 bridgehead atoms. The van der Waals surface area contributed by atoms with Gasteiger partial charge < -0.3 is 19.7 Å². The molecule has 1 atom stereocenters. The van der Waals surface area contributed by atoms with Crippen LogP contribution in [0.15, 0.2) is 48.7 Å². The van der Waals surface area contributed by atoms with Crippen molar-refractivity contribution in [3.63, 3.8) is 0 Å². The number of nitrogens with one attached hydrogen (secondary N) is 1. The largest absolute Gasteiger partial charge is 0.495 e. The minimum Gasteiger partial charge on any atom is -0.495 e. The summed E-state index contributed by atoms with van der Waals surface area (Å²) < 4.78 is 11.3. The van der Waals surface area contributed by atoms with Gasteiger partial charge in [-0.2, -0.15) is 0 Å². The zero-order chi connectivity index (χ0) is 26.8. The molecule has 3 aliphatic rings. The lowest BCUT2D eigenvalue weighted by molar-refractivity contribution is 0.140. The molecule has 39 heavy (non-hydrogen) atoms. The number of benzene rings is 1. The Bertz CT molecular complexity index is 1300. The van der Waals surface area contributed by atoms with Crippen LogP contribution in [-0.2, 0) is 12.0 Å². The number of nitrogens with zero attached hydrogens (tertiary/aromatic N) is 4. The Morgan fingerprint density at radius 1 is 1.13 bits per heavy atom. The van der Waals surface area contributed by atoms with E-state index in [9.17, 15) is 0 Å². The monoisotopic (exact) mass is 547 g/mol. The van der Waals surface area contributed by atoms with Crippen LogP contribution in [0.4, 0.5) is 5.69 Å². The van der Waals surface area contributed by atoms with Crippen LogP contribution in [0.3, 0.4) is 0 Å². The molecule has 5 heterocycles. The second kappa shape index (κ2) is 11.3.